The van der Waals surface area contributed by atoms with E-state index in [4.69, 9.17) is 0 Å². The van der Waals surface area contributed by atoms with E-state index in [0.717, 1.165) is 37.1 Å². The van der Waals surface area contributed by atoms with Crippen molar-refractivity contribution >= 4 is 30.7 Å². The number of hydrogen-bond donors (Lipinski definition) is 1. The standard InChI is InChI=1S/C29H38F3N3O2.2ClH/c1-28(2,3)25-20-34(17-18-35(25)26(36)19-21-13-15-33-16-14-21)27(22-7-5-4-6-8-22)23-9-11-24(12-10-23)37-29(30,31)32;;/h4-12,21,25,27,33H,13-20H2,1-3H3;2*1H/t25-,27?;;/m1../s1. The van der Waals surface area contributed by atoms with Gasteiger partial charge in [-0.05, 0) is 60.5 Å². The molecule has 1 amide bonds. The monoisotopic (exact) mass is 589 g/mol. The number of benzene rings is 2. The van der Waals surface area contributed by atoms with Crippen molar-refractivity contribution in [2.24, 2.45) is 11.3 Å². The first kappa shape index (κ1) is 33.2. The van der Waals surface area contributed by atoms with Crippen LogP contribution in [-0.4, -0.2) is 60.8 Å². The van der Waals surface area contributed by atoms with E-state index in [1.165, 1.54) is 12.1 Å². The van der Waals surface area contributed by atoms with Gasteiger partial charge in [-0.25, -0.2) is 0 Å². The van der Waals surface area contributed by atoms with Gasteiger partial charge >= 0.3 is 6.36 Å². The van der Waals surface area contributed by atoms with Gasteiger partial charge in [0.25, 0.3) is 0 Å². The average molecular weight is 591 g/mol. The van der Waals surface area contributed by atoms with Crippen LogP contribution >= 0.6 is 24.8 Å². The highest BCUT2D eigenvalue weighted by Crippen LogP contribution is 2.36. The zero-order valence-corrected chi connectivity index (χ0v) is 24.4. The third kappa shape index (κ3) is 9.00. The molecule has 1 unspecified atom stereocenters. The Morgan fingerprint density at radius 1 is 0.949 bits per heavy atom. The van der Waals surface area contributed by atoms with E-state index < -0.39 is 6.36 Å². The van der Waals surface area contributed by atoms with E-state index in [-0.39, 0.29) is 54.0 Å². The third-order valence-electron chi connectivity index (χ3n) is 7.56. The maximum absolute atomic E-state index is 13.5. The maximum Gasteiger partial charge on any atom is 0.573 e. The van der Waals surface area contributed by atoms with Gasteiger partial charge in [0.05, 0.1) is 6.04 Å². The molecule has 2 aromatic rings. The summed E-state index contributed by atoms with van der Waals surface area (Å²) in [5.74, 6) is 0.433. The van der Waals surface area contributed by atoms with Crippen LogP contribution in [0.25, 0.3) is 0 Å². The number of hydrogen-bond acceptors (Lipinski definition) is 4. The van der Waals surface area contributed by atoms with E-state index in [1.807, 2.05) is 30.3 Å². The van der Waals surface area contributed by atoms with Crippen LogP contribution in [0, 0.1) is 11.3 Å². The number of halogens is 5. The zero-order chi connectivity index (χ0) is 26.6. The fourth-order valence-corrected chi connectivity index (χ4v) is 5.63. The first-order valence-electron chi connectivity index (χ1n) is 13.2. The molecule has 0 saturated carbocycles. The second-order valence-corrected chi connectivity index (χ2v) is 11.3. The summed E-state index contributed by atoms with van der Waals surface area (Å²) >= 11 is 0. The molecule has 39 heavy (non-hydrogen) atoms. The molecule has 0 aliphatic carbocycles. The van der Waals surface area contributed by atoms with Crippen molar-refractivity contribution < 1.29 is 22.7 Å². The second-order valence-electron chi connectivity index (χ2n) is 11.3. The summed E-state index contributed by atoms with van der Waals surface area (Å²) < 4.78 is 42.2. The largest absolute Gasteiger partial charge is 0.573 e. The summed E-state index contributed by atoms with van der Waals surface area (Å²) in [5.41, 5.74) is 1.82. The molecule has 2 atom stereocenters. The molecule has 5 nitrogen and oxygen atoms in total. The molecule has 2 fully saturated rings. The Morgan fingerprint density at radius 3 is 2.10 bits per heavy atom. The van der Waals surface area contributed by atoms with Crippen LogP contribution in [0.2, 0.25) is 0 Å². The van der Waals surface area contributed by atoms with Crippen molar-refractivity contribution in [2.75, 3.05) is 32.7 Å². The smallest absolute Gasteiger partial charge is 0.406 e. The van der Waals surface area contributed by atoms with Gasteiger partial charge in [0.15, 0.2) is 0 Å². The van der Waals surface area contributed by atoms with Crippen molar-refractivity contribution in [1.82, 2.24) is 15.1 Å². The van der Waals surface area contributed by atoms with Gasteiger partial charge in [-0.3, -0.25) is 9.69 Å². The highest BCUT2D eigenvalue weighted by Gasteiger charge is 2.40. The van der Waals surface area contributed by atoms with Gasteiger partial charge in [0, 0.05) is 32.1 Å². The number of ether oxygens (including phenoxy) is 1. The predicted molar refractivity (Wildman–Crippen MR) is 153 cm³/mol. The second kappa shape index (κ2) is 14.1. The van der Waals surface area contributed by atoms with Crippen molar-refractivity contribution in [3.05, 3.63) is 65.7 Å². The number of nitrogens with zero attached hydrogens (tertiary/aromatic N) is 2. The minimum atomic E-state index is -4.72. The van der Waals surface area contributed by atoms with Gasteiger partial charge in [-0.1, -0.05) is 63.2 Å². The maximum atomic E-state index is 13.5. The predicted octanol–water partition coefficient (Wildman–Crippen LogP) is 6.47. The fraction of sp³-hybridized carbons (Fsp3) is 0.552. The molecule has 2 aliphatic rings. The molecule has 2 heterocycles. The number of alkyl halides is 3. The highest BCUT2D eigenvalue weighted by atomic mass is 35.5. The van der Waals surface area contributed by atoms with Crippen LogP contribution in [0.4, 0.5) is 13.2 Å². The number of carbonyl (C=O) groups is 1. The SMILES string of the molecule is CC(C)(C)[C@H]1CN(C(c2ccccc2)c2ccc(OC(F)(F)F)cc2)CCN1C(=O)CC1CCNCC1.Cl.Cl. The minimum absolute atomic E-state index is 0. The van der Waals surface area contributed by atoms with E-state index in [1.54, 1.807) is 12.1 Å². The molecule has 2 saturated heterocycles. The molecule has 2 aromatic carbocycles. The summed E-state index contributed by atoms with van der Waals surface area (Å²) in [4.78, 5) is 17.9. The number of piperazine rings is 1. The molecule has 0 bridgehead atoms. The molecule has 0 radical (unpaired) electrons. The highest BCUT2D eigenvalue weighted by molar-refractivity contribution is 5.85. The van der Waals surface area contributed by atoms with Crippen LogP contribution in [-0.2, 0) is 4.79 Å². The van der Waals surface area contributed by atoms with Crippen LogP contribution in [0.15, 0.2) is 54.6 Å². The summed E-state index contributed by atoms with van der Waals surface area (Å²) in [6.45, 7) is 10.5. The Hall–Kier alpha value is -2.00. The van der Waals surface area contributed by atoms with E-state index in [0.29, 0.717) is 32.0 Å². The average Bonchev–Trinajstić information content (AvgIpc) is 2.85. The number of nitrogens with one attached hydrogen (secondary N) is 1. The Morgan fingerprint density at radius 2 is 1.54 bits per heavy atom. The first-order chi connectivity index (χ1) is 17.5. The van der Waals surface area contributed by atoms with Gasteiger partial charge < -0.3 is 15.0 Å². The molecular weight excluding hydrogens is 550 g/mol. The lowest BCUT2D eigenvalue weighted by molar-refractivity contribution is -0.274. The van der Waals surface area contributed by atoms with Gasteiger partial charge in [0.2, 0.25) is 5.91 Å². The molecule has 2 aliphatic heterocycles. The number of amides is 1. The normalized spacial score (nSPS) is 19.9. The van der Waals surface area contributed by atoms with Gasteiger partial charge in [-0.15, -0.1) is 38.0 Å². The summed E-state index contributed by atoms with van der Waals surface area (Å²) in [5, 5.41) is 3.37. The Bertz CT molecular complexity index is 1030. The van der Waals surface area contributed by atoms with E-state index in [2.05, 4.69) is 40.6 Å². The van der Waals surface area contributed by atoms with Crippen LogP contribution < -0.4 is 10.1 Å². The molecular formula is C29H40Cl2F3N3O2. The molecule has 1 N–H and O–H groups in total. The number of carbonyl (C=O) groups excluding carboxylic acids is 1. The van der Waals surface area contributed by atoms with Gasteiger partial charge in [0.1, 0.15) is 5.75 Å². The molecule has 0 aromatic heterocycles. The number of piperidine rings is 1. The minimum Gasteiger partial charge on any atom is -0.406 e. The Balaban J connectivity index is 0.00000267. The van der Waals surface area contributed by atoms with Crippen molar-refractivity contribution in [3.8, 4) is 5.75 Å². The van der Waals surface area contributed by atoms with Gasteiger partial charge in [-0.2, -0.15) is 0 Å². The topological polar surface area (TPSA) is 44.8 Å². The van der Waals surface area contributed by atoms with Crippen LogP contribution in [0.3, 0.4) is 0 Å². The molecule has 0 spiro atoms. The third-order valence-corrected chi connectivity index (χ3v) is 7.56. The fourth-order valence-electron chi connectivity index (χ4n) is 5.63. The summed E-state index contributed by atoms with van der Waals surface area (Å²) in [6.07, 6.45) is -2.06. The quantitative estimate of drug-likeness (QED) is 0.419. The lowest BCUT2D eigenvalue weighted by Gasteiger charge is -2.49. The van der Waals surface area contributed by atoms with Crippen LogP contribution in [0.5, 0.6) is 5.75 Å². The Kier molecular flexibility index (Phi) is 12.0. The van der Waals surface area contributed by atoms with Crippen molar-refractivity contribution in [2.45, 2.75) is 58.5 Å². The van der Waals surface area contributed by atoms with E-state index in [9.17, 15) is 18.0 Å². The molecule has 4 rings (SSSR count). The Labute approximate surface area is 242 Å². The van der Waals surface area contributed by atoms with Crippen molar-refractivity contribution in [3.63, 3.8) is 0 Å². The summed E-state index contributed by atoms with van der Waals surface area (Å²) in [6, 6.07) is 16.0. The first-order valence-corrected chi connectivity index (χ1v) is 13.2. The summed E-state index contributed by atoms with van der Waals surface area (Å²) in [7, 11) is 0. The lowest BCUT2D eigenvalue weighted by Crippen LogP contribution is -2.60. The zero-order valence-electron chi connectivity index (χ0n) is 22.7. The van der Waals surface area contributed by atoms with E-state index >= 15 is 0 Å². The van der Waals surface area contributed by atoms with Crippen molar-refractivity contribution in [1.29, 1.82) is 0 Å². The lowest BCUT2D eigenvalue weighted by atomic mass is 9.82. The molecule has 218 valence electrons. The van der Waals surface area contributed by atoms with Crippen LogP contribution in [0.1, 0.15) is 57.2 Å². The number of rotatable bonds is 6. The molecule has 10 heteroatoms.